The number of aryl methyl sites for hydroxylation is 1. The summed E-state index contributed by atoms with van der Waals surface area (Å²) >= 11 is 0. The number of para-hydroxylation sites is 1. The van der Waals surface area contributed by atoms with Crippen molar-refractivity contribution in [2.24, 2.45) is 7.05 Å². The average Bonchev–Trinajstić information content (AvgIpc) is 2.45. The van der Waals surface area contributed by atoms with Gasteiger partial charge in [-0.05, 0) is 6.07 Å². The van der Waals surface area contributed by atoms with E-state index in [0.717, 1.165) is 10.9 Å². The minimum atomic E-state index is -0.878. The molecule has 0 saturated heterocycles. The van der Waals surface area contributed by atoms with Crippen molar-refractivity contribution in [1.29, 1.82) is 0 Å². The maximum absolute atomic E-state index is 10.8. The molecular weight excluding hydrogens is 217 g/mol. The Morgan fingerprint density at radius 1 is 1.36 bits per heavy atom. The Labute approximate surface area is 93.2 Å². The molecule has 1 aromatic carbocycles. The number of aromatic nitrogens is 1. The summed E-state index contributed by atoms with van der Waals surface area (Å²) in [5, 5.41) is 9.67. The number of fused-ring (bicyclic) bond motifs is 1. The first-order valence-electron chi connectivity index (χ1n) is 3.97. The Morgan fingerprint density at radius 3 is 2.64 bits per heavy atom. The molecular formula is C10H9NO2V. The number of rotatable bonds is 1. The van der Waals surface area contributed by atoms with Crippen molar-refractivity contribution < 1.29 is 28.5 Å². The number of hydrogen-bond acceptors (Lipinski definition) is 1. The summed E-state index contributed by atoms with van der Waals surface area (Å²) in [4.78, 5) is 10.8. The monoisotopic (exact) mass is 226 g/mol. The second-order valence-corrected chi connectivity index (χ2v) is 2.98. The van der Waals surface area contributed by atoms with E-state index in [9.17, 15) is 4.79 Å². The summed E-state index contributed by atoms with van der Waals surface area (Å²) < 4.78 is 1.82. The van der Waals surface area contributed by atoms with E-state index >= 15 is 0 Å². The number of nitrogens with zero attached hydrogens (tertiary/aromatic N) is 1. The molecule has 71 valence electrons. The third kappa shape index (κ3) is 1.56. The van der Waals surface area contributed by atoms with Gasteiger partial charge in [0.25, 0.3) is 0 Å². The van der Waals surface area contributed by atoms with E-state index in [2.05, 4.69) is 0 Å². The molecule has 14 heavy (non-hydrogen) atoms. The maximum atomic E-state index is 10.8. The molecule has 3 nitrogen and oxygen atoms in total. The number of benzene rings is 1. The molecule has 1 heterocycles. The average molecular weight is 226 g/mol. The summed E-state index contributed by atoms with van der Waals surface area (Å²) in [5.74, 6) is -0.878. The van der Waals surface area contributed by atoms with Crippen LogP contribution < -0.4 is 0 Å². The van der Waals surface area contributed by atoms with E-state index in [1.54, 1.807) is 6.20 Å². The fourth-order valence-electron chi connectivity index (χ4n) is 1.51. The van der Waals surface area contributed by atoms with Gasteiger partial charge in [0.2, 0.25) is 0 Å². The van der Waals surface area contributed by atoms with Crippen molar-refractivity contribution in [2.75, 3.05) is 0 Å². The Hall–Kier alpha value is -1.19. The largest absolute Gasteiger partial charge is 0.478 e. The summed E-state index contributed by atoms with van der Waals surface area (Å²) in [5.41, 5.74) is 1.30. The molecule has 0 saturated carbocycles. The van der Waals surface area contributed by atoms with Crippen LogP contribution in [0.1, 0.15) is 10.4 Å². The zero-order chi connectivity index (χ0) is 9.42. The van der Waals surface area contributed by atoms with Gasteiger partial charge in [0.1, 0.15) is 0 Å². The molecule has 0 amide bonds. The first kappa shape index (κ1) is 10.9. The molecule has 0 atom stereocenters. The van der Waals surface area contributed by atoms with Gasteiger partial charge in [0, 0.05) is 42.7 Å². The van der Waals surface area contributed by atoms with Crippen molar-refractivity contribution in [1.82, 2.24) is 4.57 Å². The van der Waals surface area contributed by atoms with Crippen molar-refractivity contribution >= 4 is 16.9 Å². The van der Waals surface area contributed by atoms with Crippen molar-refractivity contribution in [2.45, 2.75) is 0 Å². The number of carbonyl (C=O) groups is 1. The molecule has 2 aromatic rings. The Bertz CT molecular complexity index is 476. The van der Waals surface area contributed by atoms with E-state index in [-0.39, 0.29) is 18.6 Å². The normalized spacial score (nSPS) is 9.79. The molecule has 0 bridgehead atoms. The predicted molar refractivity (Wildman–Crippen MR) is 49.9 cm³/mol. The fraction of sp³-hybridized carbons (Fsp3) is 0.100. The van der Waals surface area contributed by atoms with Crippen LogP contribution in [0.5, 0.6) is 0 Å². The van der Waals surface area contributed by atoms with Crippen LogP contribution in [0.15, 0.2) is 30.5 Å². The van der Waals surface area contributed by atoms with Gasteiger partial charge in [-0.1, -0.05) is 18.2 Å². The van der Waals surface area contributed by atoms with Crippen LogP contribution in [0, 0.1) is 0 Å². The minimum Gasteiger partial charge on any atom is -0.478 e. The van der Waals surface area contributed by atoms with Gasteiger partial charge < -0.3 is 9.67 Å². The zero-order valence-electron chi connectivity index (χ0n) is 7.64. The fourth-order valence-corrected chi connectivity index (χ4v) is 1.51. The van der Waals surface area contributed by atoms with Crippen LogP contribution in [0.2, 0.25) is 0 Å². The van der Waals surface area contributed by atoms with Crippen LogP contribution in [-0.2, 0) is 25.6 Å². The third-order valence-corrected chi connectivity index (χ3v) is 2.13. The summed E-state index contributed by atoms with van der Waals surface area (Å²) in [6.07, 6.45) is 1.63. The van der Waals surface area contributed by atoms with Gasteiger partial charge in [-0.2, -0.15) is 0 Å². The van der Waals surface area contributed by atoms with E-state index in [4.69, 9.17) is 5.11 Å². The third-order valence-electron chi connectivity index (χ3n) is 2.13. The van der Waals surface area contributed by atoms with E-state index in [0.29, 0.717) is 5.56 Å². The zero-order valence-corrected chi connectivity index (χ0v) is 9.03. The topological polar surface area (TPSA) is 42.2 Å². The van der Waals surface area contributed by atoms with Gasteiger partial charge in [-0.25, -0.2) is 4.79 Å². The molecule has 0 aliphatic carbocycles. The molecule has 2 rings (SSSR count). The van der Waals surface area contributed by atoms with Crippen LogP contribution in [0.25, 0.3) is 10.9 Å². The second kappa shape index (κ2) is 3.90. The number of carboxylic acid groups (broad SMARTS) is 1. The Morgan fingerprint density at radius 2 is 2.00 bits per heavy atom. The van der Waals surface area contributed by atoms with E-state index in [1.807, 2.05) is 35.9 Å². The smallest absolute Gasteiger partial charge is 0.337 e. The second-order valence-electron chi connectivity index (χ2n) is 2.98. The van der Waals surface area contributed by atoms with Crippen molar-refractivity contribution in [3.63, 3.8) is 0 Å². The summed E-state index contributed by atoms with van der Waals surface area (Å²) in [7, 11) is 1.84. The molecule has 0 aliphatic rings. The number of hydrogen-bond donors (Lipinski definition) is 1. The molecule has 1 N–H and O–H groups in total. The maximum Gasteiger partial charge on any atom is 0.337 e. The molecule has 0 unspecified atom stereocenters. The SMILES string of the molecule is Cn1cc(C(=O)O)c2ccccc21.[V]. The van der Waals surface area contributed by atoms with Gasteiger partial charge in [0.05, 0.1) is 5.56 Å². The minimum absolute atomic E-state index is 0. The van der Waals surface area contributed by atoms with Crippen molar-refractivity contribution in [3.8, 4) is 0 Å². The predicted octanol–water partition coefficient (Wildman–Crippen LogP) is 1.87. The molecule has 0 aliphatic heterocycles. The van der Waals surface area contributed by atoms with Crippen LogP contribution in [0.3, 0.4) is 0 Å². The molecule has 0 spiro atoms. The molecule has 4 heteroatoms. The number of aromatic carboxylic acids is 1. The Balaban J connectivity index is 0.000000980. The van der Waals surface area contributed by atoms with Crippen LogP contribution in [-0.4, -0.2) is 15.6 Å². The molecule has 0 fully saturated rings. The van der Waals surface area contributed by atoms with Gasteiger partial charge in [-0.3, -0.25) is 0 Å². The van der Waals surface area contributed by atoms with Crippen LogP contribution in [0.4, 0.5) is 0 Å². The first-order valence-corrected chi connectivity index (χ1v) is 3.97. The standard InChI is InChI=1S/C10H9NO2.V/c1-11-6-8(10(12)13)7-4-2-3-5-9(7)11;/h2-6H,1H3,(H,12,13);. The van der Waals surface area contributed by atoms with E-state index < -0.39 is 5.97 Å². The number of carboxylic acids is 1. The quantitative estimate of drug-likeness (QED) is 0.806. The van der Waals surface area contributed by atoms with Crippen molar-refractivity contribution in [3.05, 3.63) is 36.0 Å². The van der Waals surface area contributed by atoms with Crippen LogP contribution >= 0.6 is 0 Å². The molecule has 1 aromatic heterocycles. The van der Waals surface area contributed by atoms with Gasteiger partial charge in [-0.15, -0.1) is 0 Å². The van der Waals surface area contributed by atoms with E-state index in [1.165, 1.54) is 0 Å². The first-order chi connectivity index (χ1) is 6.20. The Kier molecular flexibility index (Phi) is 3.04. The van der Waals surface area contributed by atoms with Gasteiger partial charge in [0.15, 0.2) is 0 Å². The summed E-state index contributed by atoms with van der Waals surface area (Å²) in [6.45, 7) is 0. The van der Waals surface area contributed by atoms with Gasteiger partial charge >= 0.3 is 5.97 Å². The summed E-state index contributed by atoms with van der Waals surface area (Å²) in [6, 6.07) is 7.46. The molecule has 1 radical (unpaired) electrons.